The van der Waals surface area contributed by atoms with Crippen LogP contribution in [-0.2, 0) is 10.0 Å². The molecule has 164 valence electrons. The van der Waals surface area contributed by atoms with E-state index in [-0.39, 0.29) is 4.90 Å². The Labute approximate surface area is 195 Å². The highest BCUT2D eigenvalue weighted by atomic mass is 32.2. The summed E-state index contributed by atoms with van der Waals surface area (Å²) in [5.41, 5.74) is 0.924. The first-order chi connectivity index (χ1) is 15.5. The number of nitrogens with one attached hydrogen (secondary N) is 1. The van der Waals surface area contributed by atoms with Crippen molar-refractivity contribution in [3.05, 3.63) is 83.2 Å². The number of benzene rings is 3. The molecule has 1 aliphatic heterocycles. The van der Waals surface area contributed by atoms with Crippen molar-refractivity contribution in [2.75, 3.05) is 19.5 Å². The maximum atomic E-state index is 13.5. The molecule has 0 unspecified atom stereocenters. The molecule has 0 fully saturated rings. The number of thiophene rings is 1. The molecule has 32 heavy (non-hydrogen) atoms. The molecule has 1 aliphatic rings. The minimum absolute atomic E-state index is 0.148. The summed E-state index contributed by atoms with van der Waals surface area (Å²) < 4.78 is 42.2. The fourth-order valence-electron chi connectivity index (χ4n) is 3.74. The van der Waals surface area contributed by atoms with Gasteiger partial charge in [-0.15, -0.1) is 23.1 Å². The summed E-state index contributed by atoms with van der Waals surface area (Å²) in [4.78, 5) is 2.11. The Morgan fingerprint density at radius 3 is 2.50 bits per heavy atom. The minimum atomic E-state index is -3.84. The molecule has 5 rings (SSSR count). The molecule has 0 saturated carbocycles. The highest BCUT2D eigenvalue weighted by Crippen LogP contribution is 2.38. The minimum Gasteiger partial charge on any atom is -0.486 e. The second kappa shape index (κ2) is 8.78. The van der Waals surface area contributed by atoms with E-state index in [0.29, 0.717) is 24.7 Å². The lowest BCUT2D eigenvalue weighted by molar-refractivity contribution is 0.171. The van der Waals surface area contributed by atoms with Crippen molar-refractivity contribution < 1.29 is 17.9 Å². The molecule has 5 nitrogen and oxygen atoms in total. The zero-order valence-electron chi connectivity index (χ0n) is 17.3. The van der Waals surface area contributed by atoms with Crippen LogP contribution in [0.1, 0.15) is 16.5 Å². The molecule has 2 heterocycles. The van der Waals surface area contributed by atoms with E-state index >= 15 is 0 Å². The van der Waals surface area contributed by atoms with Gasteiger partial charge in [0, 0.05) is 20.5 Å². The first-order valence-corrected chi connectivity index (χ1v) is 13.6. The normalized spacial score (nSPS) is 14.4. The Kier molecular flexibility index (Phi) is 5.86. The highest BCUT2D eigenvalue weighted by molar-refractivity contribution is 7.98. The maximum Gasteiger partial charge on any atom is 0.241 e. The monoisotopic (exact) mass is 483 g/mol. The average Bonchev–Trinajstić information content (AvgIpc) is 3.26. The molecular formula is C24H21NO4S3. The van der Waals surface area contributed by atoms with Gasteiger partial charge in [-0.3, -0.25) is 0 Å². The molecule has 3 aromatic carbocycles. The highest BCUT2D eigenvalue weighted by Gasteiger charge is 2.27. The van der Waals surface area contributed by atoms with Crippen LogP contribution in [0.3, 0.4) is 0 Å². The van der Waals surface area contributed by atoms with Gasteiger partial charge in [-0.05, 0) is 47.5 Å². The van der Waals surface area contributed by atoms with E-state index in [0.717, 1.165) is 25.4 Å². The second-order valence-electron chi connectivity index (χ2n) is 7.29. The fourth-order valence-corrected chi connectivity index (χ4v) is 6.79. The summed E-state index contributed by atoms with van der Waals surface area (Å²) in [5.74, 6) is 1.01. The van der Waals surface area contributed by atoms with Gasteiger partial charge in [0.25, 0.3) is 0 Å². The van der Waals surface area contributed by atoms with Crippen LogP contribution in [0.5, 0.6) is 11.5 Å². The Bertz CT molecular complexity index is 1350. The number of rotatable bonds is 6. The number of hydrogen-bond donors (Lipinski definition) is 1. The molecule has 0 radical (unpaired) electrons. The maximum absolute atomic E-state index is 13.5. The number of hydrogen-bond acceptors (Lipinski definition) is 6. The van der Waals surface area contributed by atoms with Gasteiger partial charge < -0.3 is 9.47 Å². The van der Waals surface area contributed by atoms with E-state index in [2.05, 4.69) is 16.9 Å². The molecule has 1 aromatic heterocycles. The van der Waals surface area contributed by atoms with Crippen molar-refractivity contribution >= 4 is 43.2 Å². The largest absolute Gasteiger partial charge is 0.486 e. The topological polar surface area (TPSA) is 64.6 Å². The Morgan fingerprint density at radius 2 is 1.69 bits per heavy atom. The number of thioether (sulfide) groups is 1. The van der Waals surface area contributed by atoms with Crippen molar-refractivity contribution in [3.63, 3.8) is 0 Å². The zero-order chi connectivity index (χ0) is 22.1. The summed E-state index contributed by atoms with van der Waals surface area (Å²) in [6.07, 6.45) is 2.00. The van der Waals surface area contributed by atoms with Crippen molar-refractivity contribution in [2.45, 2.75) is 15.8 Å². The van der Waals surface area contributed by atoms with E-state index in [1.807, 2.05) is 48.7 Å². The van der Waals surface area contributed by atoms with E-state index in [9.17, 15) is 8.42 Å². The number of sulfonamides is 1. The molecule has 4 aromatic rings. The van der Waals surface area contributed by atoms with Crippen LogP contribution in [-0.4, -0.2) is 27.9 Å². The van der Waals surface area contributed by atoms with Gasteiger partial charge >= 0.3 is 0 Å². The predicted molar refractivity (Wildman–Crippen MR) is 130 cm³/mol. The Balaban J connectivity index is 1.59. The zero-order valence-corrected chi connectivity index (χ0v) is 19.7. The average molecular weight is 484 g/mol. The van der Waals surface area contributed by atoms with E-state index in [4.69, 9.17) is 9.47 Å². The van der Waals surface area contributed by atoms with Crippen LogP contribution in [0.15, 0.2) is 82.6 Å². The van der Waals surface area contributed by atoms with Crippen molar-refractivity contribution in [3.8, 4) is 11.5 Å². The molecule has 0 saturated heterocycles. The van der Waals surface area contributed by atoms with Gasteiger partial charge in [0.1, 0.15) is 13.2 Å². The van der Waals surface area contributed by atoms with Gasteiger partial charge in [-0.25, -0.2) is 8.42 Å². The van der Waals surface area contributed by atoms with Crippen molar-refractivity contribution in [1.29, 1.82) is 0 Å². The van der Waals surface area contributed by atoms with Crippen LogP contribution in [0, 0.1) is 0 Å². The summed E-state index contributed by atoms with van der Waals surface area (Å²) in [6.45, 7) is 0.853. The summed E-state index contributed by atoms with van der Waals surface area (Å²) in [7, 11) is -3.84. The van der Waals surface area contributed by atoms with E-state index in [1.54, 1.807) is 35.2 Å². The van der Waals surface area contributed by atoms with Crippen LogP contribution < -0.4 is 14.2 Å². The Hall–Kier alpha value is -2.52. The third-order valence-corrected chi connectivity index (χ3v) is 8.69. The van der Waals surface area contributed by atoms with E-state index < -0.39 is 16.1 Å². The van der Waals surface area contributed by atoms with E-state index in [1.165, 1.54) is 6.07 Å². The SMILES string of the molecule is CSc1ccccc1[C@H](NS(=O)(=O)c1ccc2c(c1)OCCO2)c1cc2ccccc2s1. The Morgan fingerprint density at radius 1 is 0.938 bits per heavy atom. The smallest absolute Gasteiger partial charge is 0.241 e. The van der Waals surface area contributed by atoms with Gasteiger partial charge in [0.2, 0.25) is 10.0 Å². The molecule has 0 aliphatic carbocycles. The van der Waals surface area contributed by atoms with Gasteiger partial charge in [0.05, 0.1) is 10.9 Å². The molecular weight excluding hydrogens is 462 g/mol. The van der Waals surface area contributed by atoms with Crippen molar-refractivity contribution in [2.24, 2.45) is 0 Å². The second-order valence-corrected chi connectivity index (χ2v) is 11.0. The fraction of sp³-hybridized carbons (Fsp3) is 0.167. The summed E-state index contributed by atoms with van der Waals surface area (Å²) >= 11 is 3.20. The number of ether oxygens (including phenoxy) is 2. The third-order valence-electron chi connectivity index (χ3n) is 5.28. The van der Waals surface area contributed by atoms with Crippen LogP contribution in [0.4, 0.5) is 0 Å². The van der Waals surface area contributed by atoms with Gasteiger partial charge in [0.15, 0.2) is 11.5 Å². The van der Waals surface area contributed by atoms with Crippen LogP contribution in [0.25, 0.3) is 10.1 Å². The standard InChI is InChI=1S/C24H21NO4S3/c1-30-22-9-5-3-7-18(22)24(23-14-16-6-2-4-8-21(16)31-23)25-32(26,27)17-10-11-19-20(15-17)29-13-12-28-19/h2-11,14-15,24-25H,12-13H2,1H3/t24-/m0/s1. The molecule has 1 N–H and O–H groups in total. The summed E-state index contributed by atoms with van der Waals surface area (Å²) in [5, 5.41) is 1.10. The lowest BCUT2D eigenvalue weighted by atomic mass is 10.1. The number of fused-ring (bicyclic) bond motifs is 2. The van der Waals surface area contributed by atoms with Crippen molar-refractivity contribution in [1.82, 2.24) is 4.72 Å². The molecule has 0 spiro atoms. The molecule has 8 heteroatoms. The first-order valence-electron chi connectivity index (χ1n) is 10.1. The van der Waals surface area contributed by atoms with Crippen LogP contribution in [0.2, 0.25) is 0 Å². The lowest BCUT2D eigenvalue weighted by Gasteiger charge is -2.22. The summed E-state index contributed by atoms with van der Waals surface area (Å²) in [6, 6.07) is 22.2. The lowest BCUT2D eigenvalue weighted by Crippen LogP contribution is -2.29. The van der Waals surface area contributed by atoms with Gasteiger partial charge in [-0.1, -0.05) is 36.4 Å². The molecule has 1 atom stereocenters. The first kappa shape index (κ1) is 21.3. The molecule has 0 bridgehead atoms. The van der Waals surface area contributed by atoms with Gasteiger partial charge in [-0.2, -0.15) is 4.72 Å². The molecule has 0 amide bonds. The quantitative estimate of drug-likeness (QED) is 0.369. The third kappa shape index (κ3) is 4.11. The van der Waals surface area contributed by atoms with Crippen LogP contribution >= 0.6 is 23.1 Å². The predicted octanol–water partition coefficient (Wildman–Crippen LogP) is 5.46.